The van der Waals surface area contributed by atoms with Crippen molar-refractivity contribution in [3.05, 3.63) is 64.7 Å². The van der Waals surface area contributed by atoms with E-state index in [1.807, 2.05) is 6.07 Å². The molecule has 0 aromatic heterocycles. The molecule has 1 saturated carbocycles. The average molecular weight is 395 g/mol. The van der Waals surface area contributed by atoms with Crippen molar-refractivity contribution < 1.29 is 8.78 Å². The first-order chi connectivity index (χ1) is 14.1. The minimum Gasteiger partial charge on any atom is -0.207 e. The van der Waals surface area contributed by atoms with Gasteiger partial charge < -0.3 is 0 Å². The van der Waals surface area contributed by atoms with Crippen LogP contribution in [-0.2, 0) is 6.42 Å². The second-order valence-corrected chi connectivity index (χ2v) is 8.97. The highest BCUT2D eigenvalue weighted by molar-refractivity contribution is 5.70. The lowest BCUT2D eigenvalue weighted by molar-refractivity contribution is 0.279. The van der Waals surface area contributed by atoms with Crippen LogP contribution in [-0.4, -0.2) is 0 Å². The number of benzene rings is 2. The summed E-state index contributed by atoms with van der Waals surface area (Å²) in [6, 6.07) is 9.75. The molecule has 0 spiro atoms. The van der Waals surface area contributed by atoms with Crippen LogP contribution < -0.4 is 0 Å². The van der Waals surface area contributed by atoms with Crippen LogP contribution in [0.3, 0.4) is 0 Å². The van der Waals surface area contributed by atoms with Crippen LogP contribution in [0.2, 0.25) is 0 Å². The van der Waals surface area contributed by atoms with Gasteiger partial charge in [0, 0.05) is 5.56 Å². The molecular formula is C27H32F2. The molecule has 2 heteroatoms. The Balaban J connectivity index is 1.46. The number of halogens is 2. The molecule has 154 valence electrons. The van der Waals surface area contributed by atoms with E-state index in [-0.39, 0.29) is 11.6 Å². The zero-order chi connectivity index (χ0) is 20.2. The van der Waals surface area contributed by atoms with Gasteiger partial charge in [-0.1, -0.05) is 56.4 Å². The van der Waals surface area contributed by atoms with Crippen LogP contribution in [0.1, 0.15) is 75.8 Å². The predicted molar refractivity (Wildman–Crippen MR) is 118 cm³/mol. The molecule has 2 aliphatic carbocycles. The molecule has 29 heavy (non-hydrogen) atoms. The second-order valence-electron chi connectivity index (χ2n) is 8.97. The molecule has 0 unspecified atom stereocenters. The zero-order valence-corrected chi connectivity index (χ0v) is 17.5. The highest BCUT2D eigenvalue weighted by Crippen LogP contribution is 2.40. The van der Waals surface area contributed by atoms with Gasteiger partial charge in [-0.3, -0.25) is 0 Å². The summed E-state index contributed by atoms with van der Waals surface area (Å²) in [4.78, 5) is 0. The fourth-order valence-electron chi connectivity index (χ4n) is 5.21. The Kier molecular flexibility index (Phi) is 6.47. The van der Waals surface area contributed by atoms with E-state index >= 15 is 0 Å². The fraction of sp³-hybridized carbons (Fsp3) is 0.481. The molecule has 0 aliphatic heterocycles. The summed E-state index contributed by atoms with van der Waals surface area (Å²) in [5, 5.41) is 0. The molecule has 1 fully saturated rings. The van der Waals surface area contributed by atoms with Crippen molar-refractivity contribution in [2.75, 3.05) is 0 Å². The van der Waals surface area contributed by atoms with E-state index in [9.17, 15) is 8.78 Å². The van der Waals surface area contributed by atoms with E-state index in [1.54, 1.807) is 18.2 Å². The van der Waals surface area contributed by atoms with Gasteiger partial charge in [0.1, 0.15) is 11.6 Å². The van der Waals surface area contributed by atoms with Gasteiger partial charge in [-0.15, -0.1) is 0 Å². The van der Waals surface area contributed by atoms with Crippen LogP contribution in [0, 0.1) is 23.5 Å². The normalized spacial score (nSPS) is 21.6. The topological polar surface area (TPSA) is 0 Å². The molecule has 0 amide bonds. The number of hydrogen-bond acceptors (Lipinski definition) is 0. The predicted octanol–water partition coefficient (Wildman–Crippen LogP) is 8.35. The highest BCUT2D eigenvalue weighted by Gasteiger charge is 2.25. The summed E-state index contributed by atoms with van der Waals surface area (Å²) in [6.45, 7) is 2.27. The fourth-order valence-corrected chi connectivity index (χ4v) is 5.21. The lowest BCUT2D eigenvalue weighted by atomic mass is 9.74. The largest absolute Gasteiger partial charge is 0.207 e. The van der Waals surface area contributed by atoms with Gasteiger partial charge in [0.25, 0.3) is 0 Å². The summed E-state index contributed by atoms with van der Waals surface area (Å²) < 4.78 is 28.0. The average Bonchev–Trinajstić information content (AvgIpc) is 2.74. The molecule has 0 radical (unpaired) electrons. The van der Waals surface area contributed by atoms with Crippen molar-refractivity contribution >= 4 is 6.08 Å². The molecule has 0 nitrogen and oxygen atoms in total. The van der Waals surface area contributed by atoms with Crippen LogP contribution in [0.15, 0.2) is 42.0 Å². The maximum absolute atomic E-state index is 14.8. The van der Waals surface area contributed by atoms with Gasteiger partial charge in [-0.25, -0.2) is 8.78 Å². The Morgan fingerprint density at radius 1 is 0.897 bits per heavy atom. The number of fused-ring (bicyclic) bond motifs is 1. The Bertz CT molecular complexity index is 855. The molecule has 0 saturated heterocycles. The standard InChI is InChI=1S/C27H32F2/c1-2-3-4-5-19-6-8-20(9-7-19)22-10-11-23-17-26(27(29)18-24(23)16-22)21-12-14-25(28)15-13-21/h12-20H,2-11H2,1H3. The van der Waals surface area contributed by atoms with Gasteiger partial charge in [-0.2, -0.15) is 0 Å². The van der Waals surface area contributed by atoms with Crippen LogP contribution in [0.5, 0.6) is 0 Å². The van der Waals surface area contributed by atoms with Crippen molar-refractivity contribution in [2.45, 2.75) is 71.1 Å². The van der Waals surface area contributed by atoms with E-state index in [1.165, 1.54) is 74.6 Å². The smallest absolute Gasteiger partial charge is 0.131 e. The third-order valence-electron chi connectivity index (χ3n) is 7.00. The van der Waals surface area contributed by atoms with Gasteiger partial charge >= 0.3 is 0 Å². The van der Waals surface area contributed by atoms with Gasteiger partial charge in [0.15, 0.2) is 0 Å². The minimum absolute atomic E-state index is 0.215. The monoisotopic (exact) mass is 394 g/mol. The van der Waals surface area contributed by atoms with Gasteiger partial charge in [0.2, 0.25) is 0 Å². The summed E-state index contributed by atoms with van der Waals surface area (Å²) in [6.07, 6.45) is 15.1. The number of unbranched alkanes of at least 4 members (excludes halogenated alkanes) is 2. The van der Waals surface area contributed by atoms with Crippen molar-refractivity contribution in [1.82, 2.24) is 0 Å². The minimum atomic E-state index is -0.292. The van der Waals surface area contributed by atoms with Crippen molar-refractivity contribution in [3.8, 4) is 11.1 Å². The third kappa shape index (κ3) is 4.79. The molecule has 0 heterocycles. The van der Waals surface area contributed by atoms with Gasteiger partial charge in [-0.05, 0) is 91.3 Å². The van der Waals surface area contributed by atoms with E-state index in [0.717, 1.165) is 29.9 Å². The van der Waals surface area contributed by atoms with Gasteiger partial charge in [0.05, 0.1) is 0 Å². The number of rotatable bonds is 6. The summed E-state index contributed by atoms with van der Waals surface area (Å²) in [7, 11) is 0. The number of aryl methyl sites for hydroxylation is 1. The van der Waals surface area contributed by atoms with Crippen molar-refractivity contribution in [1.29, 1.82) is 0 Å². The highest BCUT2D eigenvalue weighted by atomic mass is 19.1. The molecule has 0 atom stereocenters. The maximum atomic E-state index is 14.8. The summed E-state index contributed by atoms with van der Waals surface area (Å²) >= 11 is 0. The molecule has 0 N–H and O–H groups in total. The van der Waals surface area contributed by atoms with E-state index in [0.29, 0.717) is 11.5 Å². The Hall–Kier alpha value is -1.96. The van der Waals surface area contributed by atoms with E-state index < -0.39 is 0 Å². The van der Waals surface area contributed by atoms with Crippen molar-refractivity contribution in [3.63, 3.8) is 0 Å². The van der Waals surface area contributed by atoms with E-state index in [4.69, 9.17) is 0 Å². The molecule has 2 aliphatic rings. The van der Waals surface area contributed by atoms with Crippen LogP contribution in [0.25, 0.3) is 17.2 Å². The molecule has 0 bridgehead atoms. The van der Waals surface area contributed by atoms with Crippen molar-refractivity contribution in [2.24, 2.45) is 11.8 Å². The first-order valence-electron chi connectivity index (χ1n) is 11.4. The number of allylic oxidation sites excluding steroid dienone is 1. The zero-order valence-electron chi connectivity index (χ0n) is 17.5. The Morgan fingerprint density at radius 2 is 1.66 bits per heavy atom. The Morgan fingerprint density at radius 3 is 2.38 bits per heavy atom. The Labute approximate surface area is 174 Å². The number of hydrogen-bond donors (Lipinski definition) is 0. The third-order valence-corrected chi connectivity index (χ3v) is 7.00. The quantitative estimate of drug-likeness (QED) is 0.432. The first kappa shape index (κ1) is 20.3. The molecule has 4 rings (SSSR count). The lowest BCUT2D eigenvalue weighted by Gasteiger charge is -2.32. The molecule has 2 aromatic carbocycles. The second kappa shape index (κ2) is 9.24. The summed E-state index contributed by atoms with van der Waals surface area (Å²) in [5.74, 6) is 1.10. The first-order valence-corrected chi connectivity index (χ1v) is 11.4. The van der Waals surface area contributed by atoms with Crippen LogP contribution in [0.4, 0.5) is 8.78 Å². The lowest BCUT2D eigenvalue weighted by Crippen LogP contribution is -2.18. The maximum Gasteiger partial charge on any atom is 0.131 e. The molecule has 2 aromatic rings. The SMILES string of the molecule is CCCCCC1CCC(C2=Cc3cc(F)c(-c4ccc(F)cc4)cc3CC2)CC1. The van der Waals surface area contributed by atoms with E-state index in [2.05, 4.69) is 13.0 Å². The summed E-state index contributed by atoms with van der Waals surface area (Å²) in [5.41, 5.74) is 5.09. The molecular weight excluding hydrogens is 362 g/mol. The van der Waals surface area contributed by atoms with Crippen LogP contribution >= 0.6 is 0 Å².